The van der Waals surface area contributed by atoms with Gasteiger partial charge in [-0.1, -0.05) is 36.4 Å². The molecule has 3 aliphatic rings. The number of hydrogen-bond acceptors (Lipinski definition) is 6. The Hall–Kier alpha value is -4.61. The highest BCUT2D eigenvalue weighted by Gasteiger charge is 2.48. The van der Waals surface area contributed by atoms with Gasteiger partial charge in [0, 0.05) is 48.7 Å². The van der Waals surface area contributed by atoms with Crippen LogP contribution in [0.1, 0.15) is 55.6 Å². The number of fused-ring (bicyclic) bond motifs is 13. The summed E-state index contributed by atoms with van der Waals surface area (Å²) < 4.78 is 23.0. The number of amides is 3. The van der Waals surface area contributed by atoms with Crippen molar-refractivity contribution in [2.24, 2.45) is 0 Å². The van der Waals surface area contributed by atoms with Crippen molar-refractivity contribution < 1.29 is 28.6 Å². The van der Waals surface area contributed by atoms with E-state index in [-0.39, 0.29) is 18.4 Å². The smallest absolute Gasteiger partial charge is 0.408 e. The van der Waals surface area contributed by atoms with Crippen molar-refractivity contribution in [3.8, 4) is 0 Å². The number of para-hydroxylation sites is 2. The van der Waals surface area contributed by atoms with E-state index in [2.05, 4.69) is 44.0 Å². The van der Waals surface area contributed by atoms with Crippen molar-refractivity contribution in [2.75, 3.05) is 20.7 Å². The Morgan fingerprint density at radius 1 is 1.02 bits per heavy atom. The third-order valence-corrected chi connectivity index (χ3v) is 9.44. The summed E-state index contributed by atoms with van der Waals surface area (Å²) in [5.41, 5.74) is 4.89. The number of methoxy groups -OCH3 is 1. The molecule has 1 saturated heterocycles. The van der Waals surface area contributed by atoms with E-state index in [1.54, 1.807) is 39.8 Å². The first-order valence-electron chi connectivity index (χ1n) is 15.3. The number of aromatic nitrogens is 2. The fraction of sp³-hybridized carbons (Fsp3) is 0.382. The van der Waals surface area contributed by atoms with Gasteiger partial charge in [0.1, 0.15) is 24.5 Å². The molecule has 2 N–H and O–H groups in total. The van der Waals surface area contributed by atoms with Gasteiger partial charge in [0.25, 0.3) is 5.91 Å². The van der Waals surface area contributed by atoms with E-state index in [4.69, 9.17) is 14.2 Å². The maximum absolute atomic E-state index is 13.6. The number of benzene rings is 3. The van der Waals surface area contributed by atoms with Crippen LogP contribution in [0, 0.1) is 0 Å². The number of rotatable bonds is 4. The Balaban J connectivity index is 1.33. The van der Waals surface area contributed by atoms with Crippen LogP contribution in [-0.2, 0) is 25.5 Å². The van der Waals surface area contributed by atoms with Gasteiger partial charge < -0.3 is 38.9 Å². The standard InChI is InChI=1S/C34H35N5O6/c1-34(2,3)45-33(42)36-16-23(40)37(4)22-14-24-38-20-12-8-7-11-18(20)26-27-19(15-35-31(27)41)25-17-10-6-9-13-21(17)39(28(25)29(26)38)32(44-24)30(22)43-5/h6-13,22,24,30,32H,14-16H2,1-5H3,(H,35,41)(H,36,42)/t22-,24-,30-,32+/m1/s1. The number of hydrogen-bond donors (Lipinski definition) is 2. The Morgan fingerprint density at radius 3 is 2.36 bits per heavy atom. The molecule has 0 radical (unpaired) electrons. The predicted molar refractivity (Wildman–Crippen MR) is 169 cm³/mol. The first-order valence-corrected chi connectivity index (χ1v) is 15.3. The molecule has 2 aromatic heterocycles. The maximum atomic E-state index is 13.6. The second-order valence-corrected chi connectivity index (χ2v) is 13.1. The van der Waals surface area contributed by atoms with Crippen molar-refractivity contribution >= 4 is 61.5 Å². The second-order valence-electron chi connectivity index (χ2n) is 13.1. The van der Waals surface area contributed by atoms with E-state index in [1.165, 1.54) is 0 Å². The summed E-state index contributed by atoms with van der Waals surface area (Å²) in [6.45, 7) is 5.55. The van der Waals surface area contributed by atoms with E-state index in [9.17, 15) is 14.4 Å². The summed E-state index contributed by atoms with van der Waals surface area (Å²) in [4.78, 5) is 41.1. The third kappa shape index (κ3) is 3.93. The molecular formula is C34H35N5O6. The molecule has 5 aromatic rings. The summed E-state index contributed by atoms with van der Waals surface area (Å²) in [5.74, 6) is -0.347. The van der Waals surface area contributed by atoms with Crippen LogP contribution in [0.5, 0.6) is 0 Å². The minimum Gasteiger partial charge on any atom is -0.444 e. The van der Waals surface area contributed by atoms with E-state index in [1.807, 2.05) is 24.3 Å². The van der Waals surface area contributed by atoms with Gasteiger partial charge in [-0.15, -0.1) is 0 Å². The molecule has 0 saturated carbocycles. The molecule has 8 rings (SSSR count). The lowest BCUT2D eigenvalue weighted by atomic mass is 9.97. The van der Waals surface area contributed by atoms with Crippen LogP contribution in [-0.4, -0.2) is 70.4 Å². The minimum absolute atomic E-state index is 0.0739. The zero-order chi connectivity index (χ0) is 31.4. The van der Waals surface area contributed by atoms with Crippen LogP contribution in [0.2, 0.25) is 0 Å². The second kappa shape index (κ2) is 9.69. The SMILES string of the molecule is CO[C@@H]1[C@H](N(C)C(=O)CNC(=O)OC(C)(C)C)C[C@H]2O[C@@H]1n1c3ccccc3c3c4c(c5c6ccccc6n2c5c31)C(=O)NC4. The molecular weight excluding hydrogens is 574 g/mol. The number of nitrogens with one attached hydrogen (secondary N) is 2. The predicted octanol–water partition coefficient (Wildman–Crippen LogP) is 4.94. The highest BCUT2D eigenvalue weighted by Crippen LogP contribution is 2.52. The molecule has 0 aliphatic carbocycles. The quantitative estimate of drug-likeness (QED) is 0.298. The lowest BCUT2D eigenvalue weighted by Crippen LogP contribution is -2.55. The van der Waals surface area contributed by atoms with Gasteiger partial charge in [0.2, 0.25) is 5.91 Å². The summed E-state index contributed by atoms with van der Waals surface area (Å²) in [6, 6.07) is 15.9. The van der Waals surface area contributed by atoms with Crippen molar-refractivity contribution in [1.29, 1.82) is 0 Å². The summed E-state index contributed by atoms with van der Waals surface area (Å²) in [5, 5.41) is 9.66. The van der Waals surface area contributed by atoms with Gasteiger partial charge in [-0.05, 0) is 38.5 Å². The molecule has 0 spiro atoms. The van der Waals surface area contributed by atoms with Crippen LogP contribution in [0.4, 0.5) is 4.79 Å². The summed E-state index contributed by atoms with van der Waals surface area (Å²) >= 11 is 0. The monoisotopic (exact) mass is 609 g/mol. The average molecular weight is 610 g/mol. The van der Waals surface area contributed by atoms with Gasteiger partial charge in [-0.3, -0.25) is 9.59 Å². The molecule has 2 bridgehead atoms. The highest BCUT2D eigenvalue weighted by molar-refractivity contribution is 6.30. The Morgan fingerprint density at radius 2 is 1.67 bits per heavy atom. The number of carbonyl (C=O) groups excluding carboxylic acids is 3. The summed E-state index contributed by atoms with van der Waals surface area (Å²) in [7, 11) is 3.38. The zero-order valence-corrected chi connectivity index (χ0v) is 25.8. The maximum Gasteiger partial charge on any atom is 0.408 e. The molecule has 4 atom stereocenters. The van der Waals surface area contributed by atoms with E-state index in [0.29, 0.717) is 18.5 Å². The van der Waals surface area contributed by atoms with Gasteiger partial charge in [0.15, 0.2) is 6.23 Å². The summed E-state index contributed by atoms with van der Waals surface area (Å²) in [6.07, 6.45) is -1.80. The van der Waals surface area contributed by atoms with Gasteiger partial charge >= 0.3 is 6.09 Å². The number of nitrogens with zero attached hydrogens (tertiary/aromatic N) is 3. The number of alkyl carbamates (subject to hydrolysis) is 1. The molecule has 3 amide bonds. The minimum atomic E-state index is -0.678. The number of ether oxygens (including phenoxy) is 3. The van der Waals surface area contributed by atoms with E-state index in [0.717, 1.165) is 49.2 Å². The molecule has 1 fully saturated rings. The van der Waals surface area contributed by atoms with Crippen molar-refractivity contribution in [3.63, 3.8) is 0 Å². The largest absolute Gasteiger partial charge is 0.444 e. The van der Waals surface area contributed by atoms with Crippen LogP contribution >= 0.6 is 0 Å². The fourth-order valence-corrected chi connectivity index (χ4v) is 7.70. The van der Waals surface area contributed by atoms with Crippen LogP contribution in [0.15, 0.2) is 48.5 Å². The Labute approximate surface area is 259 Å². The van der Waals surface area contributed by atoms with Crippen LogP contribution in [0.25, 0.3) is 43.6 Å². The molecule has 45 heavy (non-hydrogen) atoms. The molecule has 3 aliphatic heterocycles. The van der Waals surface area contributed by atoms with Crippen molar-refractivity contribution in [1.82, 2.24) is 24.7 Å². The first kappa shape index (κ1) is 27.9. The topological polar surface area (TPSA) is 116 Å². The molecule has 232 valence electrons. The highest BCUT2D eigenvalue weighted by atomic mass is 16.6. The Bertz CT molecular complexity index is 2090. The number of likely N-dealkylation sites (N-methyl/N-ethyl adjacent to an activating group) is 1. The van der Waals surface area contributed by atoms with Crippen molar-refractivity contribution in [3.05, 3.63) is 59.7 Å². The van der Waals surface area contributed by atoms with Gasteiger partial charge in [-0.25, -0.2) is 4.79 Å². The molecule has 11 heteroatoms. The van der Waals surface area contributed by atoms with Gasteiger partial charge in [-0.2, -0.15) is 0 Å². The zero-order valence-electron chi connectivity index (χ0n) is 25.8. The van der Waals surface area contributed by atoms with Crippen LogP contribution in [0.3, 0.4) is 0 Å². The fourth-order valence-electron chi connectivity index (χ4n) is 7.70. The van der Waals surface area contributed by atoms with E-state index >= 15 is 0 Å². The number of carbonyl (C=O) groups is 3. The van der Waals surface area contributed by atoms with Gasteiger partial charge in [0.05, 0.1) is 33.7 Å². The lowest BCUT2D eigenvalue weighted by molar-refractivity contribution is -0.208. The molecule has 5 heterocycles. The third-order valence-electron chi connectivity index (χ3n) is 9.44. The first-order chi connectivity index (χ1) is 21.6. The molecule has 0 unspecified atom stereocenters. The molecule has 3 aromatic carbocycles. The molecule has 11 nitrogen and oxygen atoms in total. The Kier molecular flexibility index (Phi) is 6.01. The van der Waals surface area contributed by atoms with Crippen molar-refractivity contribution in [2.45, 2.75) is 63.9 Å². The van der Waals surface area contributed by atoms with E-state index < -0.39 is 36.3 Å². The normalized spacial score (nSPS) is 22.2. The average Bonchev–Trinajstić information content (AvgIpc) is 3.65. The lowest BCUT2D eigenvalue weighted by Gasteiger charge is -2.44. The van der Waals surface area contributed by atoms with Crippen LogP contribution < -0.4 is 10.6 Å².